The highest BCUT2D eigenvalue weighted by Crippen LogP contribution is 2.01. The molecule has 0 heterocycles. The van der Waals surface area contributed by atoms with Gasteiger partial charge in [-0.1, -0.05) is 18.9 Å². The highest BCUT2D eigenvalue weighted by Gasteiger charge is 1.89. The lowest BCUT2D eigenvalue weighted by Gasteiger charge is -2.02. The SMILES string of the molecule is C=CCCCOCCCCCCS. The van der Waals surface area contributed by atoms with Gasteiger partial charge in [0.25, 0.3) is 0 Å². The van der Waals surface area contributed by atoms with Crippen molar-refractivity contribution in [2.24, 2.45) is 0 Å². The van der Waals surface area contributed by atoms with Crippen LogP contribution in [0.25, 0.3) is 0 Å². The summed E-state index contributed by atoms with van der Waals surface area (Å²) < 4.78 is 5.45. The summed E-state index contributed by atoms with van der Waals surface area (Å²) in [4.78, 5) is 0. The molecule has 0 aliphatic rings. The zero-order valence-corrected chi connectivity index (χ0v) is 9.40. The van der Waals surface area contributed by atoms with E-state index in [0.717, 1.165) is 31.8 Å². The summed E-state index contributed by atoms with van der Waals surface area (Å²) in [5.74, 6) is 1.01. The third kappa shape index (κ3) is 12.1. The number of hydrogen-bond donors (Lipinski definition) is 1. The second-order valence-electron chi connectivity index (χ2n) is 3.18. The molecule has 0 amide bonds. The van der Waals surface area contributed by atoms with Crippen LogP contribution in [-0.4, -0.2) is 19.0 Å². The first-order valence-corrected chi connectivity index (χ1v) is 5.84. The largest absolute Gasteiger partial charge is 0.381 e. The van der Waals surface area contributed by atoms with Gasteiger partial charge in [-0.25, -0.2) is 0 Å². The first-order valence-electron chi connectivity index (χ1n) is 5.21. The number of ether oxygens (including phenoxy) is 1. The fraction of sp³-hybridized carbons (Fsp3) is 0.818. The van der Waals surface area contributed by atoms with Crippen molar-refractivity contribution in [2.45, 2.75) is 38.5 Å². The molecule has 2 heteroatoms. The molecule has 78 valence electrons. The zero-order valence-electron chi connectivity index (χ0n) is 8.50. The Morgan fingerprint density at radius 2 is 1.69 bits per heavy atom. The van der Waals surface area contributed by atoms with Crippen LogP contribution in [0.1, 0.15) is 38.5 Å². The van der Waals surface area contributed by atoms with Gasteiger partial charge in [0.2, 0.25) is 0 Å². The Kier molecular flexibility index (Phi) is 12.1. The maximum atomic E-state index is 5.45. The van der Waals surface area contributed by atoms with Crippen molar-refractivity contribution >= 4 is 12.6 Å². The van der Waals surface area contributed by atoms with Crippen LogP contribution in [-0.2, 0) is 4.74 Å². The van der Waals surface area contributed by atoms with Gasteiger partial charge in [-0.15, -0.1) is 6.58 Å². The number of rotatable bonds is 10. The Morgan fingerprint density at radius 1 is 1.00 bits per heavy atom. The molecule has 1 nitrogen and oxygen atoms in total. The lowest BCUT2D eigenvalue weighted by atomic mass is 10.2. The molecule has 0 bridgehead atoms. The lowest BCUT2D eigenvalue weighted by molar-refractivity contribution is 0.128. The highest BCUT2D eigenvalue weighted by molar-refractivity contribution is 7.80. The van der Waals surface area contributed by atoms with Crippen LogP contribution in [0, 0.1) is 0 Å². The van der Waals surface area contributed by atoms with Gasteiger partial charge in [-0.2, -0.15) is 12.6 Å². The predicted octanol–water partition coefficient (Wildman–Crippen LogP) is 3.46. The van der Waals surface area contributed by atoms with Gasteiger partial charge in [-0.05, 0) is 31.4 Å². The topological polar surface area (TPSA) is 9.23 Å². The highest BCUT2D eigenvalue weighted by atomic mass is 32.1. The molecule has 13 heavy (non-hydrogen) atoms. The molecule has 0 aliphatic carbocycles. The molecule has 0 rings (SSSR count). The second-order valence-corrected chi connectivity index (χ2v) is 3.63. The maximum absolute atomic E-state index is 5.45. The summed E-state index contributed by atoms with van der Waals surface area (Å²) in [6.45, 7) is 5.47. The van der Waals surface area contributed by atoms with Crippen molar-refractivity contribution in [3.63, 3.8) is 0 Å². The summed E-state index contributed by atoms with van der Waals surface area (Å²) in [6.07, 6.45) is 9.12. The standard InChI is InChI=1S/C11H22OS/c1-2-3-6-9-12-10-7-4-5-8-11-13/h2,13H,1,3-11H2. The first-order chi connectivity index (χ1) is 6.41. The molecular weight excluding hydrogens is 180 g/mol. The van der Waals surface area contributed by atoms with Crippen LogP contribution in [0.5, 0.6) is 0 Å². The monoisotopic (exact) mass is 202 g/mol. The van der Waals surface area contributed by atoms with E-state index in [2.05, 4.69) is 19.2 Å². The van der Waals surface area contributed by atoms with Crippen molar-refractivity contribution in [2.75, 3.05) is 19.0 Å². The summed E-state index contributed by atoms with van der Waals surface area (Å²) in [6, 6.07) is 0. The molecule has 0 N–H and O–H groups in total. The van der Waals surface area contributed by atoms with Crippen LogP contribution >= 0.6 is 12.6 Å². The Hall–Kier alpha value is 0.0500. The van der Waals surface area contributed by atoms with Crippen molar-refractivity contribution in [3.8, 4) is 0 Å². The van der Waals surface area contributed by atoms with Gasteiger partial charge in [0.05, 0.1) is 0 Å². The van der Waals surface area contributed by atoms with E-state index < -0.39 is 0 Å². The lowest BCUT2D eigenvalue weighted by Crippen LogP contribution is -1.96. The molecule has 0 unspecified atom stereocenters. The van der Waals surface area contributed by atoms with Crippen LogP contribution < -0.4 is 0 Å². The molecule has 0 aliphatic heterocycles. The van der Waals surface area contributed by atoms with Crippen molar-refractivity contribution < 1.29 is 4.74 Å². The van der Waals surface area contributed by atoms with E-state index in [4.69, 9.17) is 4.74 Å². The summed E-state index contributed by atoms with van der Waals surface area (Å²) in [5.41, 5.74) is 0. The molecule has 0 aromatic rings. The van der Waals surface area contributed by atoms with Crippen molar-refractivity contribution in [3.05, 3.63) is 12.7 Å². The van der Waals surface area contributed by atoms with E-state index in [-0.39, 0.29) is 0 Å². The molecular formula is C11H22OS. The van der Waals surface area contributed by atoms with E-state index in [1.165, 1.54) is 25.7 Å². The molecule has 0 fully saturated rings. The van der Waals surface area contributed by atoms with E-state index >= 15 is 0 Å². The first kappa shape index (κ1) is 13.1. The Morgan fingerprint density at radius 3 is 2.38 bits per heavy atom. The minimum atomic E-state index is 0.887. The molecule has 0 spiro atoms. The Labute approximate surface area is 88.0 Å². The number of unbranched alkanes of at least 4 members (excludes halogenated alkanes) is 4. The molecule has 0 atom stereocenters. The molecule has 0 saturated heterocycles. The van der Waals surface area contributed by atoms with Crippen LogP contribution in [0.4, 0.5) is 0 Å². The molecule has 0 aromatic carbocycles. The van der Waals surface area contributed by atoms with Gasteiger partial charge in [0.1, 0.15) is 0 Å². The quantitative estimate of drug-likeness (QED) is 0.324. The average Bonchev–Trinajstić information content (AvgIpc) is 2.16. The minimum absolute atomic E-state index is 0.887. The van der Waals surface area contributed by atoms with E-state index in [1.54, 1.807) is 0 Å². The van der Waals surface area contributed by atoms with Gasteiger partial charge in [0.15, 0.2) is 0 Å². The van der Waals surface area contributed by atoms with E-state index in [0.29, 0.717) is 0 Å². The number of allylic oxidation sites excluding steroid dienone is 1. The smallest absolute Gasteiger partial charge is 0.0468 e. The Bertz CT molecular complexity index is 104. The summed E-state index contributed by atoms with van der Waals surface area (Å²) in [7, 11) is 0. The normalized spacial score (nSPS) is 10.2. The average molecular weight is 202 g/mol. The third-order valence-corrected chi connectivity index (χ3v) is 2.21. The van der Waals surface area contributed by atoms with Crippen LogP contribution in [0.2, 0.25) is 0 Å². The van der Waals surface area contributed by atoms with Gasteiger partial charge >= 0.3 is 0 Å². The summed E-state index contributed by atoms with van der Waals surface area (Å²) in [5, 5.41) is 0. The zero-order chi connectivity index (χ0) is 9.78. The Balaban J connectivity index is 2.79. The third-order valence-electron chi connectivity index (χ3n) is 1.89. The second kappa shape index (κ2) is 12.0. The summed E-state index contributed by atoms with van der Waals surface area (Å²) >= 11 is 4.16. The minimum Gasteiger partial charge on any atom is -0.381 e. The van der Waals surface area contributed by atoms with E-state index in [9.17, 15) is 0 Å². The fourth-order valence-corrected chi connectivity index (χ4v) is 1.32. The van der Waals surface area contributed by atoms with Crippen molar-refractivity contribution in [1.29, 1.82) is 0 Å². The fourth-order valence-electron chi connectivity index (χ4n) is 1.10. The molecule has 0 radical (unpaired) electrons. The van der Waals surface area contributed by atoms with E-state index in [1.807, 2.05) is 6.08 Å². The predicted molar refractivity (Wildman–Crippen MR) is 62.6 cm³/mol. The van der Waals surface area contributed by atoms with Crippen molar-refractivity contribution in [1.82, 2.24) is 0 Å². The molecule has 0 aromatic heterocycles. The van der Waals surface area contributed by atoms with Crippen LogP contribution in [0.15, 0.2) is 12.7 Å². The van der Waals surface area contributed by atoms with Crippen LogP contribution in [0.3, 0.4) is 0 Å². The maximum Gasteiger partial charge on any atom is 0.0468 e. The molecule has 0 saturated carbocycles. The number of hydrogen-bond acceptors (Lipinski definition) is 2. The van der Waals surface area contributed by atoms with Gasteiger partial charge in [0, 0.05) is 13.2 Å². The van der Waals surface area contributed by atoms with Gasteiger partial charge < -0.3 is 4.74 Å². The number of thiol groups is 1. The van der Waals surface area contributed by atoms with Gasteiger partial charge in [-0.3, -0.25) is 0 Å².